The van der Waals surface area contributed by atoms with Crippen LogP contribution in [0.15, 0.2) is 23.1 Å². The van der Waals surface area contributed by atoms with E-state index in [2.05, 4.69) is 15.5 Å². The molecule has 0 unspecified atom stereocenters. The summed E-state index contributed by atoms with van der Waals surface area (Å²) in [5.41, 5.74) is 1.34. The molecule has 0 spiro atoms. The summed E-state index contributed by atoms with van der Waals surface area (Å²) in [6.07, 6.45) is 4.59. The van der Waals surface area contributed by atoms with Crippen LogP contribution in [0.5, 0.6) is 0 Å². The Labute approximate surface area is 215 Å². The highest BCUT2D eigenvalue weighted by molar-refractivity contribution is 7.89. The first-order chi connectivity index (χ1) is 17.7. The summed E-state index contributed by atoms with van der Waals surface area (Å²) in [6.45, 7) is 4.25. The number of hydrogen-bond donors (Lipinski definition) is 4. The Balaban J connectivity index is 0.000000568. The number of nitrogens with zero attached hydrogens (tertiary/aromatic N) is 2. The third-order valence-corrected chi connectivity index (χ3v) is 8.19. The second-order valence-electron chi connectivity index (χ2n) is 8.82. The minimum Gasteiger partial charge on any atom is -0.473 e. The molecule has 1 aromatic rings. The standard InChI is InChI=1S/C21H32N4O5S.C2H2O4/c26-21(16-22-17-3-1-2-4-17)23-19-15-18(31(27,28)25-9-13-30-14-10-25)5-6-20(19)24-7-11-29-12-8-24;3-1(4)2(5)6/h5-6,15,17,22H,1-4,7-14,16H2,(H,23,26);(H,3,4)(H,5,6). The number of hydrogen-bond acceptors (Lipinski definition) is 9. The number of carbonyl (C=O) groups excluding carboxylic acids is 1. The van der Waals surface area contributed by atoms with E-state index in [1.54, 1.807) is 18.2 Å². The van der Waals surface area contributed by atoms with Crippen LogP contribution in [0.1, 0.15) is 25.7 Å². The van der Waals surface area contributed by atoms with Gasteiger partial charge < -0.3 is 35.2 Å². The van der Waals surface area contributed by atoms with Gasteiger partial charge in [0.25, 0.3) is 0 Å². The molecule has 0 atom stereocenters. The van der Waals surface area contributed by atoms with Crippen LogP contribution in [-0.2, 0) is 33.9 Å². The SMILES string of the molecule is O=C(CNC1CCCC1)Nc1cc(S(=O)(=O)N2CCOCC2)ccc1N1CCOCC1.O=C(O)C(=O)O. The molecule has 206 valence electrons. The van der Waals surface area contributed by atoms with Gasteiger partial charge in [0.2, 0.25) is 15.9 Å². The molecular weight excluding hydrogens is 508 g/mol. The second kappa shape index (κ2) is 13.7. The molecule has 1 saturated carbocycles. The number of aliphatic carboxylic acids is 2. The van der Waals surface area contributed by atoms with Gasteiger partial charge in [0.15, 0.2) is 0 Å². The highest BCUT2D eigenvalue weighted by atomic mass is 32.2. The Kier molecular flexibility index (Phi) is 10.6. The zero-order valence-electron chi connectivity index (χ0n) is 20.6. The van der Waals surface area contributed by atoms with Crippen LogP contribution < -0.4 is 15.5 Å². The van der Waals surface area contributed by atoms with Crippen molar-refractivity contribution in [1.82, 2.24) is 9.62 Å². The lowest BCUT2D eigenvalue weighted by Gasteiger charge is -2.31. The fourth-order valence-electron chi connectivity index (χ4n) is 4.35. The summed E-state index contributed by atoms with van der Waals surface area (Å²) in [5, 5.41) is 21.0. The predicted molar refractivity (Wildman–Crippen MR) is 133 cm³/mol. The maximum Gasteiger partial charge on any atom is 0.414 e. The number of carbonyl (C=O) groups is 3. The van der Waals surface area contributed by atoms with E-state index in [0.717, 1.165) is 18.5 Å². The van der Waals surface area contributed by atoms with Gasteiger partial charge in [-0.15, -0.1) is 0 Å². The summed E-state index contributed by atoms with van der Waals surface area (Å²) >= 11 is 0. The van der Waals surface area contributed by atoms with Gasteiger partial charge in [0.1, 0.15) is 0 Å². The fraction of sp³-hybridized carbons (Fsp3) is 0.609. The number of morpholine rings is 2. The molecule has 4 N–H and O–H groups in total. The second-order valence-corrected chi connectivity index (χ2v) is 10.8. The molecule has 4 rings (SSSR count). The Bertz CT molecular complexity index is 1040. The highest BCUT2D eigenvalue weighted by Crippen LogP contribution is 2.31. The molecule has 2 saturated heterocycles. The van der Waals surface area contributed by atoms with Crippen LogP contribution in [-0.4, -0.2) is 106 Å². The monoisotopic (exact) mass is 542 g/mol. The van der Waals surface area contributed by atoms with Crippen LogP contribution in [0, 0.1) is 0 Å². The largest absolute Gasteiger partial charge is 0.473 e. The zero-order valence-corrected chi connectivity index (χ0v) is 21.4. The van der Waals surface area contributed by atoms with E-state index in [0.29, 0.717) is 64.3 Å². The molecule has 13 nitrogen and oxygen atoms in total. The summed E-state index contributed by atoms with van der Waals surface area (Å²) in [5.74, 6) is -3.81. The lowest BCUT2D eigenvalue weighted by molar-refractivity contribution is -0.159. The number of amides is 1. The number of carboxylic acids is 2. The van der Waals surface area contributed by atoms with E-state index in [1.807, 2.05) is 0 Å². The predicted octanol–water partition coefficient (Wildman–Crippen LogP) is 0.170. The molecule has 1 aliphatic carbocycles. The molecule has 0 aromatic heterocycles. The first-order valence-corrected chi connectivity index (χ1v) is 13.7. The van der Waals surface area contributed by atoms with E-state index in [9.17, 15) is 13.2 Å². The summed E-state index contributed by atoms with van der Waals surface area (Å²) in [7, 11) is -3.65. The average molecular weight is 543 g/mol. The van der Waals surface area contributed by atoms with E-state index >= 15 is 0 Å². The Morgan fingerprint density at radius 1 is 0.919 bits per heavy atom. The van der Waals surface area contributed by atoms with Crippen LogP contribution in [0.25, 0.3) is 0 Å². The van der Waals surface area contributed by atoms with Gasteiger partial charge in [-0.25, -0.2) is 18.0 Å². The van der Waals surface area contributed by atoms with Crippen molar-refractivity contribution >= 4 is 39.2 Å². The van der Waals surface area contributed by atoms with E-state index in [1.165, 1.54) is 17.1 Å². The van der Waals surface area contributed by atoms with Crippen molar-refractivity contribution in [3.05, 3.63) is 18.2 Å². The van der Waals surface area contributed by atoms with Gasteiger partial charge in [-0.1, -0.05) is 12.8 Å². The number of anilines is 2. The van der Waals surface area contributed by atoms with Crippen molar-refractivity contribution in [2.24, 2.45) is 0 Å². The molecule has 0 radical (unpaired) electrons. The number of nitrogens with one attached hydrogen (secondary N) is 2. The zero-order chi connectivity index (χ0) is 26.8. The van der Waals surface area contributed by atoms with E-state index in [4.69, 9.17) is 29.3 Å². The first kappa shape index (κ1) is 28.8. The van der Waals surface area contributed by atoms with Crippen molar-refractivity contribution < 1.29 is 42.5 Å². The number of benzene rings is 1. The molecule has 14 heteroatoms. The van der Waals surface area contributed by atoms with Gasteiger partial charge in [0, 0.05) is 32.2 Å². The minimum atomic E-state index is -3.65. The molecule has 0 bridgehead atoms. The van der Waals surface area contributed by atoms with Crippen molar-refractivity contribution in [1.29, 1.82) is 0 Å². The summed E-state index contributed by atoms with van der Waals surface area (Å²) < 4.78 is 38.4. The maximum absolute atomic E-state index is 13.1. The topological polar surface area (TPSA) is 175 Å². The van der Waals surface area contributed by atoms with Gasteiger partial charge in [-0.2, -0.15) is 4.31 Å². The molecular formula is C23H34N4O9S. The van der Waals surface area contributed by atoms with Crippen molar-refractivity contribution in [2.75, 3.05) is 69.4 Å². The number of sulfonamides is 1. The Hall–Kier alpha value is -2.78. The number of carboxylic acid groups (broad SMARTS) is 2. The third-order valence-electron chi connectivity index (χ3n) is 6.29. The summed E-state index contributed by atoms with van der Waals surface area (Å²) in [4.78, 5) is 33.2. The Morgan fingerprint density at radius 2 is 1.49 bits per heavy atom. The van der Waals surface area contributed by atoms with Gasteiger partial charge >= 0.3 is 11.9 Å². The van der Waals surface area contributed by atoms with Crippen molar-refractivity contribution in [3.8, 4) is 0 Å². The first-order valence-electron chi connectivity index (χ1n) is 12.2. The van der Waals surface area contributed by atoms with Crippen LogP contribution in [0.2, 0.25) is 0 Å². The van der Waals surface area contributed by atoms with E-state index < -0.39 is 22.0 Å². The Morgan fingerprint density at radius 3 is 2.05 bits per heavy atom. The minimum absolute atomic E-state index is 0.165. The fourth-order valence-corrected chi connectivity index (χ4v) is 5.79. The number of rotatable bonds is 7. The van der Waals surface area contributed by atoms with Crippen LogP contribution in [0.3, 0.4) is 0 Å². The maximum atomic E-state index is 13.1. The lowest BCUT2D eigenvalue weighted by atomic mass is 10.2. The highest BCUT2D eigenvalue weighted by Gasteiger charge is 2.28. The lowest BCUT2D eigenvalue weighted by Crippen LogP contribution is -2.41. The smallest absolute Gasteiger partial charge is 0.414 e. The van der Waals surface area contributed by atoms with Crippen molar-refractivity contribution in [2.45, 2.75) is 36.6 Å². The van der Waals surface area contributed by atoms with Crippen LogP contribution >= 0.6 is 0 Å². The number of ether oxygens (including phenoxy) is 2. The van der Waals surface area contributed by atoms with E-state index in [-0.39, 0.29) is 17.3 Å². The quantitative estimate of drug-likeness (QED) is 0.346. The van der Waals surface area contributed by atoms with Crippen molar-refractivity contribution in [3.63, 3.8) is 0 Å². The molecule has 3 fully saturated rings. The van der Waals surface area contributed by atoms with Gasteiger partial charge in [-0.3, -0.25) is 4.79 Å². The normalized spacial score (nSPS) is 19.1. The third kappa shape index (κ3) is 8.36. The molecule has 2 aliphatic heterocycles. The van der Waals surface area contributed by atoms with Gasteiger partial charge in [-0.05, 0) is 31.0 Å². The van der Waals surface area contributed by atoms with Gasteiger partial charge in [0.05, 0.1) is 49.2 Å². The average Bonchev–Trinajstić information content (AvgIpc) is 3.43. The molecule has 3 aliphatic rings. The molecule has 1 aromatic carbocycles. The molecule has 1 amide bonds. The molecule has 37 heavy (non-hydrogen) atoms. The molecule has 2 heterocycles. The summed E-state index contributed by atoms with van der Waals surface area (Å²) in [6, 6.07) is 5.39. The van der Waals surface area contributed by atoms with Crippen LogP contribution in [0.4, 0.5) is 11.4 Å².